The number of benzene rings is 1. The van der Waals surface area contributed by atoms with Crippen molar-refractivity contribution in [2.45, 2.75) is 39.0 Å². The lowest BCUT2D eigenvalue weighted by molar-refractivity contribution is -0.130. The molecule has 15 heavy (non-hydrogen) atoms. The van der Waals surface area contributed by atoms with Crippen molar-refractivity contribution in [2.24, 2.45) is 5.41 Å². The van der Waals surface area contributed by atoms with Crippen molar-refractivity contribution in [1.29, 1.82) is 0 Å². The van der Waals surface area contributed by atoms with Crippen molar-refractivity contribution >= 4 is 5.78 Å². The van der Waals surface area contributed by atoms with Crippen LogP contribution in [0.25, 0.3) is 0 Å². The minimum atomic E-state index is -0.0976. The summed E-state index contributed by atoms with van der Waals surface area (Å²) < 4.78 is 0. The summed E-state index contributed by atoms with van der Waals surface area (Å²) in [6.45, 7) is 2.13. The molecule has 1 aliphatic rings. The number of Topliss-reactive ketones (excluding diaryl/α,β-unsaturated/α-hetero) is 1. The number of hydrogen-bond acceptors (Lipinski definition) is 1. The van der Waals surface area contributed by atoms with Crippen molar-refractivity contribution < 1.29 is 4.79 Å². The van der Waals surface area contributed by atoms with E-state index in [0.29, 0.717) is 5.78 Å². The molecule has 0 spiro atoms. The Bertz CT molecular complexity index is 342. The Balaban J connectivity index is 2.13. The van der Waals surface area contributed by atoms with Crippen molar-refractivity contribution in [1.82, 2.24) is 0 Å². The summed E-state index contributed by atoms with van der Waals surface area (Å²) in [5.41, 5.74) is 1.19. The van der Waals surface area contributed by atoms with Gasteiger partial charge in [0, 0.05) is 11.8 Å². The average Bonchev–Trinajstić information content (AvgIpc) is 2.24. The highest BCUT2D eigenvalue weighted by molar-refractivity contribution is 5.85. The van der Waals surface area contributed by atoms with E-state index in [1.807, 2.05) is 18.2 Å². The Morgan fingerprint density at radius 3 is 2.60 bits per heavy atom. The van der Waals surface area contributed by atoms with Gasteiger partial charge in [0.2, 0.25) is 0 Å². The Morgan fingerprint density at radius 2 is 1.93 bits per heavy atom. The van der Waals surface area contributed by atoms with E-state index in [-0.39, 0.29) is 5.41 Å². The molecular weight excluding hydrogens is 184 g/mol. The molecule has 2 rings (SSSR count). The summed E-state index contributed by atoms with van der Waals surface area (Å²) in [5.74, 6) is 0.456. The lowest BCUT2D eigenvalue weighted by Crippen LogP contribution is -2.33. The predicted molar refractivity (Wildman–Crippen MR) is 61.7 cm³/mol. The summed E-state index contributed by atoms with van der Waals surface area (Å²) >= 11 is 0. The minimum Gasteiger partial charge on any atom is -0.299 e. The van der Waals surface area contributed by atoms with E-state index in [0.717, 1.165) is 25.7 Å². The zero-order valence-electron chi connectivity index (χ0n) is 9.33. The van der Waals surface area contributed by atoms with E-state index >= 15 is 0 Å². The second-order valence-electron chi connectivity index (χ2n) is 4.85. The molecule has 80 valence electrons. The van der Waals surface area contributed by atoms with Crippen LogP contribution in [0, 0.1) is 5.41 Å². The normalized spacial score (nSPS) is 26.6. The molecule has 0 bridgehead atoms. The molecule has 1 aromatic rings. The van der Waals surface area contributed by atoms with Crippen LogP contribution in [0.2, 0.25) is 0 Å². The SMILES string of the molecule is C[C@]1(Cc2ccccc2)CCCCC1=O. The molecule has 1 aliphatic carbocycles. The van der Waals surface area contributed by atoms with Crippen molar-refractivity contribution in [3.05, 3.63) is 35.9 Å². The predicted octanol–water partition coefficient (Wildman–Crippen LogP) is 3.38. The number of ketones is 1. The molecule has 1 fully saturated rings. The van der Waals surface area contributed by atoms with Gasteiger partial charge in [-0.1, -0.05) is 43.7 Å². The molecule has 1 heteroatoms. The van der Waals surface area contributed by atoms with Crippen LogP contribution in [-0.2, 0) is 11.2 Å². The monoisotopic (exact) mass is 202 g/mol. The van der Waals surface area contributed by atoms with E-state index in [2.05, 4.69) is 19.1 Å². The van der Waals surface area contributed by atoms with E-state index < -0.39 is 0 Å². The largest absolute Gasteiger partial charge is 0.299 e. The third-order valence-electron chi connectivity index (χ3n) is 3.49. The molecule has 0 N–H and O–H groups in total. The van der Waals surface area contributed by atoms with Crippen LogP contribution < -0.4 is 0 Å². The lowest BCUT2D eigenvalue weighted by atomic mass is 9.71. The lowest BCUT2D eigenvalue weighted by Gasteiger charge is -2.32. The van der Waals surface area contributed by atoms with Crippen LogP contribution in [0.4, 0.5) is 0 Å². The maximum atomic E-state index is 11.9. The summed E-state index contributed by atoms with van der Waals surface area (Å²) in [4.78, 5) is 11.9. The van der Waals surface area contributed by atoms with Crippen molar-refractivity contribution in [3.8, 4) is 0 Å². The Morgan fingerprint density at radius 1 is 1.20 bits per heavy atom. The molecule has 0 unspecified atom stereocenters. The summed E-state index contributed by atoms with van der Waals surface area (Å²) in [5, 5.41) is 0. The highest BCUT2D eigenvalue weighted by Crippen LogP contribution is 2.35. The molecule has 1 nitrogen and oxygen atoms in total. The van der Waals surface area contributed by atoms with Crippen LogP contribution in [0.5, 0.6) is 0 Å². The van der Waals surface area contributed by atoms with Crippen molar-refractivity contribution in [3.63, 3.8) is 0 Å². The summed E-state index contributed by atoms with van der Waals surface area (Å²) in [6.07, 6.45) is 5.04. The van der Waals surface area contributed by atoms with E-state index in [4.69, 9.17) is 0 Å². The third-order valence-corrected chi connectivity index (χ3v) is 3.49. The second kappa shape index (κ2) is 4.18. The van der Waals surface area contributed by atoms with Gasteiger partial charge < -0.3 is 0 Å². The third kappa shape index (κ3) is 2.28. The fourth-order valence-corrected chi connectivity index (χ4v) is 2.48. The van der Waals surface area contributed by atoms with Gasteiger partial charge >= 0.3 is 0 Å². The highest BCUT2D eigenvalue weighted by atomic mass is 16.1. The minimum absolute atomic E-state index is 0.0976. The van der Waals surface area contributed by atoms with Gasteiger partial charge in [0.25, 0.3) is 0 Å². The van der Waals surface area contributed by atoms with Crippen LogP contribution in [0.3, 0.4) is 0 Å². The summed E-state index contributed by atoms with van der Waals surface area (Å²) in [6, 6.07) is 10.4. The van der Waals surface area contributed by atoms with Gasteiger partial charge in [0.1, 0.15) is 5.78 Å². The molecular formula is C14H18O. The molecule has 1 atom stereocenters. The number of carbonyl (C=O) groups excluding carboxylic acids is 1. The maximum absolute atomic E-state index is 11.9. The van der Waals surface area contributed by atoms with Gasteiger partial charge in [0.05, 0.1) is 0 Å². The van der Waals surface area contributed by atoms with Gasteiger partial charge in [-0.05, 0) is 24.8 Å². The van der Waals surface area contributed by atoms with E-state index in [1.165, 1.54) is 12.0 Å². The topological polar surface area (TPSA) is 17.1 Å². The fourth-order valence-electron chi connectivity index (χ4n) is 2.48. The molecule has 1 saturated carbocycles. The quantitative estimate of drug-likeness (QED) is 0.718. The second-order valence-corrected chi connectivity index (χ2v) is 4.85. The maximum Gasteiger partial charge on any atom is 0.139 e. The van der Waals surface area contributed by atoms with Crippen LogP contribution >= 0.6 is 0 Å². The van der Waals surface area contributed by atoms with Crippen LogP contribution in [0.15, 0.2) is 30.3 Å². The average molecular weight is 202 g/mol. The molecule has 0 radical (unpaired) electrons. The van der Waals surface area contributed by atoms with E-state index in [9.17, 15) is 4.79 Å². The fraction of sp³-hybridized carbons (Fsp3) is 0.500. The zero-order chi connectivity index (χ0) is 10.7. The first kappa shape index (κ1) is 10.4. The zero-order valence-corrected chi connectivity index (χ0v) is 9.33. The van der Waals surface area contributed by atoms with Gasteiger partial charge in [-0.2, -0.15) is 0 Å². The Labute approximate surface area is 91.5 Å². The van der Waals surface area contributed by atoms with Gasteiger partial charge in [-0.25, -0.2) is 0 Å². The van der Waals surface area contributed by atoms with Crippen LogP contribution in [-0.4, -0.2) is 5.78 Å². The smallest absolute Gasteiger partial charge is 0.139 e. The molecule has 0 aromatic heterocycles. The van der Waals surface area contributed by atoms with Gasteiger partial charge in [0.15, 0.2) is 0 Å². The molecule has 0 heterocycles. The van der Waals surface area contributed by atoms with Crippen LogP contribution in [0.1, 0.15) is 38.2 Å². The standard InChI is InChI=1S/C14H18O/c1-14(10-6-5-9-13(14)15)11-12-7-3-2-4-8-12/h2-4,7-8H,5-6,9-11H2,1H3/t14-/m1/s1. The molecule has 0 amide bonds. The molecule has 0 saturated heterocycles. The Hall–Kier alpha value is -1.11. The highest BCUT2D eigenvalue weighted by Gasteiger charge is 2.34. The molecule has 0 aliphatic heterocycles. The van der Waals surface area contributed by atoms with Gasteiger partial charge in [-0.15, -0.1) is 0 Å². The molecule has 1 aromatic carbocycles. The summed E-state index contributed by atoms with van der Waals surface area (Å²) in [7, 11) is 0. The van der Waals surface area contributed by atoms with Crippen molar-refractivity contribution in [2.75, 3.05) is 0 Å². The number of carbonyl (C=O) groups is 1. The van der Waals surface area contributed by atoms with Gasteiger partial charge in [-0.3, -0.25) is 4.79 Å². The Kier molecular flexibility index (Phi) is 2.90. The number of hydrogen-bond donors (Lipinski definition) is 0. The first-order chi connectivity index (χ1) is 7.21. The van der Waals surface area contributed by atoms with E-state index in [1.54, 1.807) is 0 Å². The first-order valence-electron chi connectivity index (χ1n) is 5.78. The first-order valence-corrected chi connectivity index (χ1v) is 5.78. The number of rotatable bonds is 2.